The first-order valence-electron chi connectivity index (χ1n) is 11.9. The summed E-state index contributed by atoms with van der Waals surface area (Å²) in [6, 6.07) is 8.07. The minimum absolute atomic E-state index is 0.0795. The first-order chi connectivity index (χ1) is 15.0. The molecule has 0 heterocycles. The summed E-state index contributed by atoms with van der Waals surface area (Å²) in [6.07, 6.45) is 17.1. The van der Waals surface area contributed by atoms with Crippen LogP contribution >= 0.6 is 0 Å². The van der Waals surface area contributed by atoms with E-state index >= 15 is 0 Å². The Labute approximate surface area is 189 Å². The molecule has 5 atom stereocenters. The first kappa shape index (κ1) is 23.9. The molecule has 2 aliphatic rings. The summed E-state index contributed by atoms with van der Waals surface area (Å²) in [4.78, 5) is 0. The maximum absolute atomic E-state index is 6.16. The molecule has 0 N–H and O–H groups in total. The minimum Gasteiger partial charge on any atom is -0.497 e. The number of hydrogen-bond donors (Lipinski definition) is 0. The van der Waals surface area contributed by atoms with Gasteiger partial charge in [-0.1, -0.05) is 38.5 Å². The highest BCUT2D eigenvalue weighted by Gasteiger charge is 2.49. The first-order valence-corrected chi connectivity index (χ1v) is 11.9. The molecule has 1 saturated carbocycles. The maximum Gasteiger partial charge on any atom is 0.118 e. The number of methoxy groups -OCH3 is 2. The maximum atomic E-state index is 6.16. The molecule has 3 rings (SSSR count). The molecule has 0 spiro atoms. The fraction of sp³-hybridized carbons (Fsp3) is 0.643. The molecule has 3 heteroatoms. The summed E-state index contributed by atoms with van der Waals surface area (Å²) in [7, 11) is 3.54. The van der Waals surface area contributed by atoms with Crippen molar-refractivity contribution in [1.82, 2.24) is 0 Å². The Morgan fingerprint density at radius 2 is 1.94 bits per heavy atom. The molecule has 0 aromatic heterocycles. The lowest BCUT2D eigenvalue weighted by Gasteiger charge is -2.34. The third-order valence-corrected chi connectivity index (χ3v) is 7.54. The van der Waals surface area contributed by atoms with Crippen molar-refractivity contribution >= 4 is 0 Å². The molecule has 31 heavy (non-hydrogen) atoms. The lowest BCUT2D eigenvalue weighted by molar-refractivity contribution is 0.0461. The van der Waals surface area contributed by atoms with Crippen LogP contribution in [0.1, 0.15) is 64.4 Å². The highest BCUT2D eigenvalue weighted by molar-refractivity contribution is 5.26. The third kappa shape index (κ3) is 5.93. The van der Waals surface area contributed by atoms with E-state index in [1.165, 1.54) is 37.7 Å². The number of terminal acetylenes is 1. The van der Waals surface area contributed by atoms with Gasteiger partial charge in [-0.15, -0.1) is 12.3 Å². The van der Waals surface area contributed by atoms with Crippen LogP contribution in [-0.4, -0.2) is 26.9 Å². The van der Waals surface area contributed by atoms with Crippen molar-refractivity contribution in [3.8, 4) is 18.1 Å². The molecule has 2 aliphatic carbocycles. The van der Waals surface area contributed by atoms with Gasteiger partial charge in [-0.2, -0.15) is 0 Å². The van der Waals surface area contributed by atoms with Crippen molar-refractivity contribution in [2.24, 2.45) is 23.2 Å². The summed E-state index contributed by atoms with van der Waals surface area (Å²) < 4.78 is 17.4. The van der Waals surface area contributed by atoms with E-state index < -0.39 is 0 Å². The second kappa shape index (κ2) is 11.2. The molecule has 0 bridgehead atoms. The average Bonchev–Trinajstić information content (AvgIpc) is 2.95. The molecule has 1 aromatic rings. The highest BCUT2D eigenvalue weighted by Crippen LogP contribution is 2.53. The van der Waals surface area contributed by atoms with Crippen LogP contribution in [-0.2, 0) is 16.1 Å². The number of benzene rings is 1. The molecule has 0 aliphatic heterocycles. The van der Waals surface area contributed by atoms with E-state index in [0.29, 0.717) is 25.0 Å². The van der Waals surface area contributed by atoms with Gasteiger partial charge in [-0.25, -0.2) is 0 Å². The van der Waals surface area contributed by atoms with Gasteiger partial charge in [-0.05, 0) is 79.0 Å². The van der Waals surface area contributed by atoms with Gasteiger partial charge in [0.05, 0.1) is 26.4 Å². The monoisotopic (exact) mass is 424 g/mol. The summed E-state index contributed by atoms with van der Waals surface area (Å²) in [6.45, 7) is 6.03. The van der Waals surface area contributed by atoms with Crippen LogP contribution in [0.15, 0.2) is 35.9 Å². The van der Waals surface area contributed by atoms with Crippen LogP contribution < -0.4 is 4.74 Å². The fourth-order valence-electron chi connectivity index (χ4n) is 5.81. The zero-order valence-electron chi connectivity index (χ0n) is 19.9. The second-order valence-electron chi connectivity index (χ2n) is 9.81. The molecular formula is C28H40O3. The highest BCUT2D eigenvalue weighted by atomic mass is 16.5. The van der Waals surface area contributed by atoms with Crippen LogP contribution in [0.3, 0.4) is 0 Å². The molecule has 0 amide bonds. The molecule has 3 nitrogen and oxygen atoms in total. The molecule has 0 radical (unpaired) electrons. The quantitative estimate of drug-likeness (QED) is 0.338. The topological polar surface area (TPSA) is 27.7 Å². The van der Waals surface area contributed by atoms with Gasteiger partial charge in [0.1, 0.15) is 5.75 Å². The number of hydrogen-bond acceptors (Lipinski definition) is 3. The van der Waals surface area contributed by atoms with Gasteiger partial charge in [-0.3, -0.25) is 0 Å². The Bertz CT molecular complexity index is 759. The van der Waals surface area contributed by atoms with Gasteiger partial charge < -0.3 is 14.2 Å². The smallest absolute Gasteiger partial charge is 0.118 e. The van der Waals surface area contributed by atoms with Crippen molar-refractivity contribution in [1.29, 1.82) is 0 Å². The molecule has 1 fully saturated rings. The van der Waals surface area contributed by atoms with E-state index in [1.54, 1.807) is 7.11 Å². The number of allylic oxidation sites excluding steroid dienone is 1. The van der Waals surface area contributed by atoms with Gasteiger partial charge in [0.25, 0.3) is 0 Å². The van der Waals surface area contributed by atoms with E-state index in [0.717, 1.165) is 24.2 Å². The van der Waals surface area contributed by atoms with Crippen LogP contribution in [0.2, 0.25) is 0 Å². The van der Waals surface area contributed by atoms with Crippen molar-refractivity contribution in [3.63, 3.8) is 0 Å². The molecule has 170 valence electrons. The average molecular weight is 425 g/mol. The van der Waals surface area contributed by atoms with Crippen LogP contribution in [0.4, 0.5) is 0 Å². The Morgan fingerprint density at radius 3 is 2.61 bits per heavy atom. The number of rotatable bonds is 9. The predicted molar refractivity (Wildman–Crippen MR) is 127 cm³/mol. The summed E-state index contributed by atoms with van der Waals surface area (Å²) in [5, 5.41) is 0. The molecule has 0 saturated heterocycles. The Balaban J connectivity index is 1.62. The summed E-state index contributed by atoms with van der Waals surface area (Å²) in [5.41, 5.74) is 2.73. The Morgan fingerprint density at radius 1 is 1.16 bits per heavy atom. The van der Waals surface area contributed by atoms with Crippen molar-refractivity contribution < 1.29 is 14.2 Å². The summed E-state index contributed by atoms with van der Waals surface area (Å²) >= 11 is 0. The lowest BCUT2D eigenvalue weighted by Crippen LogP contribution is -2.32. The van der Waals surface area contributed by atoms with Crippen molar-refractivity contribution in [3.05, 3.63) is 41.5 Å². The number of ether oxygens (including phenoxy) is 3. The van der Waals surface area contributed by atoms with Crippen LogP contribution in [0.25, 0.3) is 0 Å². The normalized spacial score (nSPS) is 29.6. The summed E-state index contributed by atoms with van der Waals surface area (Å²) in [5.74, 6) is 5.18. The van der Waals surface area contributed by atoms with Gasteiger partial charge in [0.2, 0.25) is 0 Å². The molecule has 1 aromatic carbocycles. The SMILES string of the molecule is C#C[C@H]1[C@H](COCc2ccc(OC)cc2)[C@@H](C)C[C@@]1(C)C[C@H](OC)C1=CCCCCC1. The van der Waals surface area contributed by atoms with E-state index in [4.69, 9.17) is 20.6 Å². The van der Waals surface area contributed by atoms with Crippen molar-refractivity contribution in [2.75, 3.05) is 20.8 Å². The molecular weight excluding hydrogens is 384 g/mol. The van der Waals surface area contributed by atoms with Crippen LogP contribution in [0.5, 0.6) is 5.75 Å². The minimum atomic E-state index is 0.0795. The lowest BCUT2D eigenvalue weighted by atomic mass is 9.72. The van der Waals surface area contributed by atoms with E-state index in [-0.39, 0.29) is 17.4 Å². The van der Waals surface area contributed by atoms with E-state index in [1.807, 2.05) is 19.2 Å². The van der Waals surface area contributed by atoms with E-state index in [2.05, 4.69) is 38.0 Å². The van der Waals surface area contributed by atoms with Gasteiger partial charge >= 0.3 is 0 Å². The fourth-order valence-corrected chi connectivity index (χ4v) is 5.81. The Hall–Kier alpha value is -1.76. The standard InChI is InChI=1S/C28H40O3/c1-6-26-25(20-31-19-22-13-15-24(29-4)16-14-22)21(2)17-28(26,3)18-27(30-5)23-11-9-7-8-10-12-23/h1,11,13-16,21,25-27H,7-10,12,17-20H2,2-5H3/t21-,25+,26-,27-,28-/m0/s1. The zero-order chi connectivity index (χ0) is 22.3. The van der Waals surface area contributed by atoms with Gasteiger partial charge in [0, 0.05) is 13.0 Å². The third-order valence-electron chi connectivity index (χ3n) is 7.54. The zero-order valence-corrected chi connectivity index (χ0v) is 19.9. The van der Waals surface area contributed by atoms with Crippen molar-refractivity contribution in [2.45, 2.75) is 71.5 Å². The van der Waals surface area contributed by atoms with E-state index in [9.17, 15) is 0 Å². The van der Waals surface area contributed by atoms with Gasteiger partial charge in [0.15, 0.2) is 0 Å². The van der Waals surface area contributed by atoms with Crippen LogP contribution in [0, 0.1) is 35.5 Å². The molecule has 0 unspecified atom stereocenters. The second-order valence-corrected chi connectivity index (χ2v) is 9.81. The largest absolute Gasteiger partial charge is 0.497 e. The predicted octanol–water partition coefficient (Wildman–Crippen LogP) is 6.42. The Kier molecular flexibility index (Phi) is 8.64.